The Morgan fingerprint density at radius 2 is 2.20 bits per heavy atom. The van der Waals surface area contributed by atoms with Crippen LogP contribution in [0.25, 0.3) is 0 Å². The molecule has 2 rings (SSSR count). The predicted octanol–water partition coefficient (Wildman–Crippen LogP) is 2.50. The predicted molar refractivity (Wildman–Crippen MR) is 76.1 cm³/mol. The van der Waals surface area contributed by atoms with E-state index in [1.165, 1.54) is 12.1 Å². The summed E-state index contributed by atoms with van der Waals surface area (Å²) in [7, 11) is 0. The summed E-state index contributed by atoms with van der Waals surface area (Å²) in [5.74, 6) is -2.32. The van der Waals surface area contributed by atoms with Gasteiger partial charge in [-0.25, -0.2) is 8.78 Å². The lowest BCUT2D eigenvalue weighted by Crippen LogP contribution is -2.44. The smallest absolute Gasteiger partial charge is 0.254 e. The first-order valence-corrected chi connectivity index (χ1v) is 6.55. The van der Waals surface area contributed by atoms with Gasteiger partial charge in [-0.2, -0.15) is 0 Å². The molecule has 2 N–H and O–H groups in total. The molecule has 0 spiro atoms. The van der Waals surface area contributed by atoms with Gasteiger partial charge in [0.05, 0.1) is 5.56 Å². The van der Waals surface area contributed by atoms with Crippen LogP contribution >= 0.6 is 12.4 Å². The molecule has 0 radical (unpaired) electrons. The van der Waals surface area contributed by atoms with E-state index in [-0.39, 0.29) is 24.0 Å². The third kappa shape index (κ3) is 3.90. The van der Waals surface area contributed by atoms with E-state index in [2.05, 4.69) is 10.6 Å². The molecule has 0 aromatic heterocycles. The second kappa shape index (κ2) is 7.55. The lowest BCUT2D eigenvalue weighted by molar-refractivity contribution is 0.0917. The number of halogens is 3. The summed E-state index contributed by atoms with van der Waals surface area (Å²) in [6.07, 6.45) is 2.10. The fraction of sp³-hybridized carbons (Fsp3) is 0.500. The molecule has 0 aliphatic carbocycles. The van der Waals surface area contributed by atoms with Gasteiger partial charge in [-0.15, -0.1) is 12.4 Å². The molecular formula is C14H19ClF2N2O. The van der Waals surface area contributed by atoms with Gasteiger partial charge in [0.1, 0.15) is 0 Å². The SMILES string of the molecule is CC(NC(=O)c1cccc(F)c1F)C1CCCNC1.Cl. The molecule has 2 atom stereocenters. The molecule has 3 nitrogen and oxygen atoms in total. The van der Waals surface area contributed by atoms with Crippen molar-refractivity contribution < 1.29 is 13.6 Å². The van der Waals surface area contributed by atoms with Crippen molar-refractivity contribution in [2.75, 3.05) is 13.1 Å². The molecule has 20 heavy (non-hydrogen) atoms. The van der Waals surface area contributed by atoms with Crippen molar-refractivity contribution in [1.82, 2.24) is 10.6 Å². The van der Waals surface area contributed by atoms with E-state index in [1.54, 1.807) is 0 Å². The molecule has 6 heteroatoms. The fourth-order valence-electron chi connectivity index (χ4n) is 2.39. The maximum atomic E-state index is 13.5. The molecule has 2 unspecified atom stereocenters. The van der Waals surface area contributed by atoms with E-state index in [0.29, 0.717) is 5.92 Å². The highest BCUT2D eigenvalue weighted by molar-refractivity contribution is 5.94. The number of piperidine rings is 1. The minimum absolute atomic E-state index is 0. The maximum Gasteiger partial charge on any atom is 0.254 e. The van der Waals surface area contributed by atoms with Gasteiger partial charge in [0.25, 0.3) is 5.91 Å². The Morgan fingerprint density at radius 1 is 1.45 bits per heavy atom. The van der Waals surface area contributed by atoms with Crippen LogP contribution in [0.4, 0.5) is 8.78 Å². The summed E-state index contributed by atoms with van der Waals surface area (Å²) in [4.78, 5) is 11.9. The van der Waals surface area contributed by atoms with Gasteiger partial charge in [0.15, 0.2) is 11.6 Å². The van der Waals surface area contributed by atoms with Crippen molar-refractivity contribution in [2.45, 2.75) is 25.8 Å². The Kier molecular flexibility index (Phi) is 6.36. The fourth-order valence-corrected chi connectivity index (χ4v) is 2.39. The van der Waals surface area contributed by atoms with Crippen LogP contribution in [-0.4, -0.2) is 25.0 Å². The number of amides is 1. The van der Waals surface area contributed by atoms with Crippen molar-refractivity contribution in [3.8, 4) is 0 Å². The maximum absolute atomic E-state index is 13.5. The number of hydrogen-bond donors (Lipinski definition) is 2. The Bertz CT molecular complexity index is 464. The largest absolute Gasteiger partial charge is 0.349 e. The minimum Gasteiger partial charge on any atom is -0.349 e. The summed E-state index contributed by atoms with van der Waals surface area (Å²) < 4.78 is 26.6. The zero-order valence-electron chi connectivity index (χ0n) is 11.3. The second-order valence-corrected chi connectivity index (χ2v) is 4.97. The summed E-state index contributed by atoms with van der Waals surface area (Å²) in [6, 6.07) is 3.56. The van der Waals surface area contributed by atoms with Gasteiger partial charge < -0.3 is 10.6 Å². The summed E-state index contributed by atoms with van der Waals surface area (Å²) in [5.41, 5.74) is -0.240. The quantitative estimate of drug-likeness (QED) is 0.901. The zero-order valence-corrected chi connectivity index (χ0v) is 12.1. The van der Waals surface area contributed by atoms with E-state index in [1.807, 2.05) is 6.92 Å². The lowest BCUT2D eigenvalue weighted by atomic mass is 9.92. The Balaban J connectivity index is 0.00000200. The Morgan fingerprint density at radius 3 is 2.85 bits per heavy atom. The molecule has 1 fully saturated rings. The van der Waals surface area contributed by atoms with Crippen LogP contribution in [0.1, 0.15) is 30.1 Å². The number of hydrogen-bond acceptors (Lipinski definition) is 2. The number of nitrogens with one attached hydrogen (secondary N) is 2. The van der Waals surface area contributed by atoms with Gasteiger partial charge in [0, 0.05) is 6.04 Å². The van der Waals surface area contributed by atoms with E-state index in [0.717, 1.165) is 32.0 Å². The molecular weight excluding hydrogens is 286 g/mol. The van der Waals surface area contributed by atoms with Gasteiger partial charge in [-0.05, 0) is 50.9 Å². The van der Waals surface area contributed by atoms with Gasteiger partial charge in [-0.1, -0.05) is 6.07 Å². The first-order chi connectivity index (χ1) is 9.09. The number of carbonyl (C=O) groups is 1. The first kappa shape index (κ1) is 16.9. The Labute approximate surface area is 123 Å². The van der Waals surface area contributed by atoms with Crippen LogP contribution in [0.3, 0.4) is 0 Å². The molecule has 1 amide bonds. The van der Waals surface area contributed by atoms with Crippen molar-refractivity contribution >= 4 is 18.3 Å². The first-order valence-electron chi connectivity index (χ1n) is 6.55. The topological polar surface area (TPSA) is 41.1 Å². The molecule has 1 aromatic carbocycles. The minimum atomic E-state index is -1.09. The van der Waals surface area contributed by atoms with Crippen LogP contribution in [0.2, 0.25) is 0 Å². The normalized spacial score (nSPS) is 19.9. The van der Waals surface area contributed by atoms with E-state index >= 15 is 0 Å². The monoisotopic (exact) mass is 304 g/mol. The molecule has 0 saturated carbocycles. The van der Waals surface area contributed by atoms with E-state index < -0.39 is 17.5 Å². The molecule has 1 aliphatic rings. The van der Waals surface area contributed by atoms with Crippen LogP contribution in [0.5, 0.6) is 0 Å². The lowest BCUT2D eigenvalue weighted by Gasteiger charge is -2.29. The summed E-state index contributed by atoms with van der Waals surface area (Å²) in [6.45, 7) is 3.73. The standard InChI is InChI=1S/C14H18F2N2O.ClH/c1-9(10-4-3-7-17-8-10)18-14(19)11-5-2-6-12(15)13(11)16;/h2,5-6,9-10,17H,3-4,7-8H2,1H3,(H,18,19);1H. The summed E-state index contributed by atoms with van der Waals surface area (Å²) in [5, 5.41) is 6.01. The molecule has 0 bridgehead atoms. The highest BCUT2D eigenvalue weighted by atomic mass is 35.5. The van der Waals surface area contributed by atoms with Crippen LogP contribution in [0.15, 0.2) is 18.2 Å². The van der Waals surface area contributed by atoms with Crippen molar-refractivity contribution in [1.29, 1.82) is 0 Å². The highest BCUT2D eigenvalue weighted by Gasteiger charge is 2.23. The number of carbonyl (C=O) groups excluding carboxylic acids is 1. The van der Waals surface area contributed by atoms with Crippen LogP contribution in [0, 0.1) is 17.6 Å². The molecule has 112 valence electrons. The van der Waals surface area contributed by atoms with Crippen molar-refractivity contribution in [2.24, 2.45) is 5.92 Å². The molecule has 1 saturated heterocycles. The number of rotatable bonds is 3. The van der Waals surface area contributed by atoms with Crippen LogP contribution < -0.4 is 10.6 Å². The van der Waals surface area contributed by atoms with E-state index in [9.17, 15) is 13.6 Å². The second-order valence-electron chi connectivity index (χ2n) is 4.97. The molecule has 1 aromatic rings. The van der Waals surface area contributed by atoms with E-state index in [4.69, 9.17) is 0 Å². The highest BCUT2D eigenvalue weighted by Crippen LogP contribution is 2.16. The van der Waals surface area contributed by atoms with Crippen molar-refractivity contribution in [3.63, 3.8) is 0 Å². The van der Waals surface area contributed by atoms with Gasteiger partial charge >= 0.3 is 0 Å². The zero-order chi connectivity index (χ0) is 13.8. The van der Waals surface area contributed by atoms with Crippen LogP contribution in [-0.2, 0) is 0 Å². The van der Waals surface area contributed by atoms with Gasteiger partial charge in [0.2, 0.25) is 0 Å². The average Bonchev–Trinajstić information content (AvgIpc) is 2.42. The third-order valence-corrected chi connectivity index (χ3v) is 3.60. The van der Waals surface area contributed by atoms with Crippen molar-refractivity contribution in [3.05, 3.63) is 35.4 Å². The molecule has 1 aliphatic heterocycles. The molecule has 1 heterocycles. The third-order valence-electron chi connectivity index (χ3n) is 3.60. The summed E-state index contributed by atoms with van der Waals surface area (Å²) >= 11 is 0. The van der Waals surface area contributed by atoms with Gasteiger partial charge in [-0.3, -0.25) is 4.79 Å². The number of benzene rings is 1. The average molecular weight is 305 g/mol. The Hall–Kier alpha value is -1.20.